The number of rotatable bonds is 4. The summed E-state index contributed by atoms with van der Waals surface area (Å²) in [6.07, 6.45) is 2.23. The number of hydrogen-bond donors (Lipinski definition) is 0. The van der Waals surface area contributed by atoms with Gasteiger partial charge in [0.15, 0.2) is 0 Å². The Bertz CT molecular complexity index is 692. The van der Waals surface area contributed by atoms with Crippen molar-refractivity contribution in [3.05, 3.63) is 70.3 Å². The van der Waals surface area contributed by atoms with E-state index in [0.717, 1.165) is 32.5 Å². The lowest BCUT2D eigenvalue weighted by Crippen LogP contribution is -2.30. The van der Waals surface area contributed by atoms with Crippen molar-refractivity contribution >= 4 is 5.97 Å². The first-order chi connectivity index (χ1) is 12.2. The van der Waals surface area contributed by atoms with E-state index in [9.17, 15) is 4.79 Å². The van der Waals surface area contributed by atoms with E-state index in [1.807, 2.05) is 38.1 Å². The number of benzene rings is 2. The molecule has 0 saturated carbocycles. The molecule has 0 fully saturated rings. The Balaban J connectivity index is 0.00000109. The summed E-state index contributed by atoms with van der Waals surface area (Å²) >= 11 is 0. The zero-order chi connectivity index (χ0) is 18.2. The minimum Gasteiger partial charge on any atom is -0.465 e. The van der Waals surface area contributed by atoms with E-state index >= 15 is 0 Å². The molecule has 0 saturated heterocycles. The second-order valence-corrected chi connectivity index (χ2v) is 6.06. The van der Waals surface area contributed by atoms with Crippen molar-refractivity contribution in [1.82, 2.24) is 4.90 Å². The van der Waals surface area contributed by atoms with Gasteiger partial charge in [-0.05, 0) is 47.2 Å². The van der Waals surface area contributed by atoms with Crippen LogP contribution in [-0.4, -0.2) is 24.5 Å². The number of carbonyl (C=O) groups excluding carboxylic acids is 1. The van der Waals surface area contributed by atoms with Crippen LogP contribution in [-0.2, 0) is 30.7 Å². The van der Waals surface area contributed by atoms with Crippen LogP contribution in [0.15, 0.2) is 42.5 Å². The van der Waals surface area contributed by atoms with Gasteiger partial charge in [0.05, 0.1) is 12.7 Å². The molecule has 3 heteroatoms. The Morgan fingerprint density at radius 1 is 1.12 bits per heavy atom. The van der Waals surface area contributed by atoms with Gasteiger partial charge in [-0.2, -0.15) is 0 Å². The van der Waals surface area contributed by atoms with Gasteiger partial charge in [0.2, 0.25) is 0 Å². The van der Waals surface area contributed by atoms with Crippen molar-refractivity contribution < 1.29 is 9.53 Å². The van der Waals surface area contributed by atoms with Gasteiger partial charge in [-0.15, -0.1) is 0 Å². The first-order valence-corrected chi connectivity index (χ1v) is 9.20. The number of methoxy groups -OCH3 is 1. The van der Waals surface area contributed by atoms with Crippen molar-refractivity contribution in [2.45, 2.75) is 46.7 Å². The van der Waals surface area contributed by atoms with E-state index < -0.39 is 0 Å². The summed E-state index contributed by atoms with van der Waals surface area (Å²) in [6, 6.07) is 14.4. The largest absolute Gasteiger partial charge is 0.465 e. The standard InChI is InChI=1S/C20H23NO2.C2H6/c1-3-16-5-4-6-18-14-21(12-11-19(16)18)13-15-7-9-17(10-8-15)20(22)23-2;1-2/h4-10H,3,11-14H2,1-2H3;1-2H3. The summed E-state index contributed by atoms with van der Waals surface area (Å²) in [5.41, 5.74) is 6.33. The maximum atomic E-state index is 11.5. The van der Waals surface area contributed by atoms with Crippen molar-refractivity contribution in [3.8, 4) is 0 Å². The van der Waals surface area contributed by atoms with Crippen molar-refractivity contribution in [2.75, 3.05) is 13.7 Å². The van der Waals surface area contributed by atoms with E-state index in [-0.39, 0.29) is 5.97 Å². The van der Waals surface area contributed by atoms with Crippen LogP contribution in [0.2, 0.25) is 0 Å². The SMILES string of the molecule is CC.CCc1cccc2c1CCN(Cc1ccc(C(=O)OC)cc1)C2. The Morgan fingerprint density at radius 3 is 2.48 bits per heavy atom. The van der Waals surface area contributed by atoms with Crippen molar-refractivity contribution in [2.24, 2.45) is 0 Å². The van der Waals surface area contributed by atoms with E-state index in [0.29, 0.717) is 5.56 Å². The molecule has 0 atom stereocenters. The average molecular weight is 339 g/mol. The smallest absolute Gasteiger partial charge is 0.337 e. The van der Waals surface area contributed by atoms with Crippen LogP contribution in [0.4, 0.5) is 0 Å². The Kier molecular flexibility index (Phi) is 7.20. The molecule has 2 aromatic rings. The van der Waals surface area contributed by atoms with Crippen LogP contribution in [0.25, 0.3) is 0 Å². The monoisotopic (exact) mass is 339 g/mol. The maximum Gasteiger partial charge on any atom is 0.337 e. The Labute approximate surface area is 151 Å². The summed E-state index contributed by atoms with van der Waals surface area (Å²) in [7, 11) is 1.41. The molecule has 0 spiro atoms. The number of esters is 1. The molecule has 1 aliphatic heterocycles. The number of carbonyl (C=O) groups is 1. The number of hydrogen-bond acceptors (Lipinski definition) is 3. The van der Waals surface area contributed by atoms with E-state index in [4.69, 9.17) is 4.74 Å². The quantitative estimate of drug-likeness (QED) is 0.761. The lowest BCUT2D eigenvalue weighted by molar-refractivity contribution is 0.0600. The van der Waals surface area contributed by atoms with Gasteiger partial charge in [-0.1, -0.05) is 51.1 Å². The molecule has 0 unspecified atom stereocenters. The topological polar surface area (TPSA) is 29.5 Å². The second-order valence-electron chi connectivity index (χ2n) is 6.06. The molecule has 0 aromatic heterocycles. The third-order valence-corrected chi connectivity index (χ3v) is 4.60. The van der Waals surface area contributed by atoms with Gasteiger partial charge in [0.1, 0.15) is 0 Å². The minimum absolute atomic E-state index is 0.282. The fraction of sp³-hybridized carbons (Fsp3) is 0.409. The molecule has 0 bridgehead atoms. The van der Waals surface area contributed by atoms with E-state index in [2.05, 4.69) is 30.0 Å². The highest BCUT2D eigenvalue weighted by atomic mass is 16.5. The highest BCUT2D eigenvalue weighted by molar-refractivity contribution is 5.89. The molecule has 1 heterocycles. The first kappa shape index (κ1) is 19.2. The summed E-state index contributed by atoms with van der Waals surface area (Å²) in [5, 5.41) is 0. The van der Waals surface area contributed by atoms with Crippen LogP contribution in [0.3, 0.4) is 0 Å². The zero-order valence-corrected chi connectivity index (χ0v) is 15.8. The summed E-state index contributed by atoms with van der Waals surface area (Å²) in [5.74, 6) is -0.282. The fourth-order valence-electron chi connectivity index (χ4n) is 3.34. The fourth-order valence-corrected chi connectivity index (χ4v) is 3.34. The van der Waals surface area contributed by atoms with Crippen LogP contribution in [0, 0.1) is 0 Å². The minimum atomic E-state index is -0.282. The normalized spacial score (nSPS) is 13.4. The third-order valence-electron chi connectivity index (χ3n) is 4.60. The van der Waals surface area contributed by atoms with Gasteiger partial charge < -0.3 is 4.74 Å². The van der Waals surface area contributed by atoms with Gasteiger partial charge in [-0.25, -0.2) is 4.79 Å². The molecule has 3 rings (SSSR count). The maximum absolute atomic E-state index is 11.5. The van der Waals surface area contributed by atoms with Crippen molar-refractivity contribution in [3.63, 3.8) is 0 Å². The van der Waals surface area contributed by atoms with Gasteiger partial charge in [0, 0.05) is 19.6 Å². The summed E-state index contributed by atoms with van der Waals surface area (Å²) in [6.45, 7) is 9.23. The molecule has 3 nitrogen and oxygen atoms in total. The molecule has 25 heavy (non-hydrogen) atoms. The molecule has 0 radical (unpaired) electrons. The summed E-state index contributed by atoms with van der Waals surface area (Å²) < 4.78 is 4.74. The number of aryl methyl sites for hydroxylation is 1. The third kappa shape index (κ3) is 4.70. The zero-order valence-electron chi connectivity index (χ0n) is 15.8. The Morgan fingerprint density at radius 2 is 1.84 bits per heavy atom. The van der Waals surface area contributed by atoms with Gasteiger partial charge in [-0.3, -0.25) is 4.90 Å². The average Bonchev–Trinajstić information content (AvgIpc) is 2.68. The van der Waals surface area contributed by atoms with E-state index in [1.54, 1.807) is 5.56 Å². The lowest BCUT2D eigenvalue weighted by Gasteiger charge is -2.30. The first-order valence-electron chi connectivity index (χ1n) is 9.20. The molecule has 1 aliphatic rings. The predicted molar refractivity (Wildman–Crippen MR) is 103 cm³/mol. The van der Waals surface area contributed by atoms with Crippen LogP contribution < -0.4 is 0 Å². The number of fused-ring (bicyclic) bond motifs is 1. The molecule has 2 aromatic carbocycles. The molecule has 0 amide bonds. The lowest BCUT2D eigenvalue weighted by atomic mass is 9.93. The molecular formula is C22H29NO2. The highest BCUT2D eigenvalue weighted by Gasteiger charge is 2.18. The van der Waals surface area contributed by atoms with Gasteiger partial charge in [0.25, 0.3) is 0 Å². The Hall–Kier alpha value is -2.13. The summed E-state index contributed by atoms with van der Waals surface area (Å²) in [4.78, 5) is 13.9. The number of ether oxygens (including phenoxy) is 1. The molecule has 0 N–H and O–H groups in total. The second kappa shape index (κ2) is 9.38. The van der Waals surface area contributed by atoms with Gasteiger partial charge >= 0.3 is 5.97 Å². The van der Waals surface area contributed by atoms with Crippen LogP contribution in [0.1, 0.15) is 53.4 Å². The molecule has 0 aliphatic carbocycles. The molecular weight excluding hydrogens is 310 g/mol. The molecule has 134 valence electrons. The van der Waals surface area contributed by atoms with Crippen LogP contribution in [0.5, 0.6) is 0 Å². The highest BCUT2D eigenvalue weighted by Crippen LogP contribution is 2.24. The number of nitrogens with zero attached hydrogens (tertiary/aromatic N) is 1. The van der Waals surface area contributed by atoms with Crippen molar-refractivity contribution in [1.29, 1.82) is 0 Å². The predicted octanol–water partition coefficient (Wildman–Crippen LogP) is 4.62. The van der Waals surface area contributed by atoms with E-state index in [1.165, 1.54) is 23.8 Å². The van der Waals surface area contributed by atoms with Crippen LogP contribution >= 0.6 is 0 Å².